The lowest BCUT2D eigenvalue weighted by Gasteiger charge is -2.05. The summed E-state index contributed by atoms with van der Waals surface area (Å²) in [5.74, 6) is 0.235. The van der Waals surface area contributed by atoms with Gasteiger partial charge in [0.05, 0.1) is 29.5 Å². The molecule has 2 amide bonds. The minimum absolute atomic E-state index is 0.197. The predicted octanol–water partition coefficient (Wildman–Crippen LogP) is 4.00. The van der Waals surface area contributed by atoms with Crippen LogP contribution in [0.1, 0.15) is 17.3 Å². The zero-order chi connectivity index (χ0) is 17.8. The quantitative estimate of drug-likeness (QED) is 0.699. The first-order valence-corrected chi connectivity index (χ1v) is 9.07. The van der Waals surface area contributed by atoms with Gasteiger partial charge in [0, 0.05) is 0 Å². The average Bonchev–Trinajstić information content (AvgIpc) is 3.20. The van der Waals surface area contributed by atoms with Gasteiger partial charge in [0.2, 0.25) is 0 Å². The summed E-state index contributed by atoms with van der Waals surface area (Å²) < 4.78 is 10.9. The minimum atomic E-state index is -0.767. The van der Waals surface area contributed by atoms with Crippen LogP contribution in [-0.4, -0.2) is 30.7 Å². The molecule has 130 valence electrons. The minimum Gasteiger partial charge on any atom is -0.497 e. The molecule has 2 heterocycles. The summed E-state index contributed by atoms with van der Waals surface area (Å²) in [5, 5.41) is 8.34. The van der Waals surface area contributed by atoms with Crippen LogP contribution < -0.4 is 15.4 Å². The molecule has 3 rings (SSSR count). The zero-order valence-electron chi connectivity index (χ0n) is 13.5. The number of hydrogen-bond acceptors (Lipinski definition) is 8. The Kier molecular flexibility index (Phi) is 5.15. The lowest BCUT2D eigenvalue weighted by atomic mass is 10.3. The Balaban J connectivity index is 1.79. The number of anilines is 2. The number of thiophene rings is 1. The molecular formula is C16H15N3O4S2. The lowest BCUT2D eigenvalue weighted by Crippen LogP contribution is -2.31. The van der Waals surface area contributed by atoms with Crippen molar-refractivity contribution < 1.29 is 19.1 Å². The summed E-state index contributed by atoms with van der Waals surface area (Å²) in [7, 11) is 1.61. The van der Waals surface area contributed by atoms with Crippen molar-refractivity contribution in [3.63, 3.8) is 0 Å². The van der Waals surface area contributed by atoms with Gasteiger partial charge in [0.15, 0.2) is 5.13 Å². The third-order valence-corrected chi connectivity index (χ3v) is 4.98. The number of fused-ring (bicyclic) bond motifs is 1. The molecule has 0 aliphatic rings. The monoisotopic (exact) mass is 377 g/mol. The Morgan fingerprint density at radius 2 is 2.12 bits per heavy atom. The fourth-order valence-corrected chi connectivity index (χ4v) is 3.84. The predicted molar refractivity (Wildman–Crippen MR) is 98.3 cm³/mol. The van der Waals surface area contributed by atoms with Crippen molar-refractivity contribution in [1.29, 1.82) is 0 Å². The maximum absolute atomic E-state index is 12.2. The van der Waals surface area contributed by atoms with E-state index in [2.05, 4.69) is 15.6 Å². The number of imide groups is 1. The highest BCUT2D eigenvalue weighted by Gasteiger charge is 2.17. The fraction of sp³-hybridized carbons (Fsp3) is 0.188. The largest absolute Gasteiger partial charge is 0.497 e. The van der Waals surface area contributed by atoms with E-state index in [-0.39, 0.29) is 6.61 Å². The van der Waals surface area contributed by atoms with E-state index < -0.39 is 12.0 Å². The molecule has 1 aromatic carbocycles. The smallest absolute Gasteiger partial charge is 0.414 e. The van der Waals surface area contributed by atoms with Crippen LogP contribution in [0, 0.1) is 0 Å². The summed E-state index contributed by atoms with van der Waals surface area (Å²) >= 11 is 2.80. The lowest BCUT2D eigenvalue weighted by molar-refractivity contribution is 0.0926. The van der Waals surface area contributed by atoms with Gasteiger partial charge in [-0.2, -0.15) is 0 Å². The molecule has 0 fully saturated rings. The van der Waals surface area contributed by atoms with E-state index in [9.17, 15) is 9.59 Å². The third kappa shape index (κ3) is 3.89. The van der Waals surface area contributed by atoms with Crippen LogP contribution in [0.25, 0.3) is 10.2 Å². The molecule has 0 aliphatic heterocycles. The molecular weight excluding hydrogens is 362 g/mol. The van der Waals surface area contributed by atoms with Gasteiger partial charge < -0.3 is 14.8 Å². The van der Waals surface area contributed by atoms with Gasteiger partial charge in [-0.25, -0.2) is 9.78 Å². The Labute approximate surface area is 151 Å². The molecule has 0 unspecified atom stereocenters. The summed E-state index contributed by atoms with van der Waals surface area (Å²) in [4.78, 5) is 28.1. The Morgan fingerprint density at radius 1 is 1.28 bits per heavy atom. The maximum atomic E-state index is 12.2. The van der Waals surface area contributed by atoms with Crippen molar-refractivity contribution in [1.82, 2.24) is 10.3 Å². The highest BCUT2D eigenvalue weighted by molar-refractivity contribution is 7.22. The summed E-state index contributed by atoms with van der Waals surface area (Å²) in [6.07, 6.45) is -0.767. The first-order valence-electron chi connectivity index (χ1n) is 7.38. The topological polar surface area (TPSA) is 89.5 Å². The van der Waals surface area contributed by atoms with Crippen LogP contribution in [0.2, 0.25) is 0 Å². The highest BCUT2D eigenvalue weighted by Crippen LogP contribution is 2.33. The fourth-order valence-electron chi connectivity index (χ4n) is 2.09. The number of carbonyl (C=O) groups is 2. The summed E-state index contributed by atoms with van der Waals surface area (Å²) in [5.41, 5.74) is 1.19. The molecule has 0 saturated heterocycles. The van der Waals surface area contributed by atoms with E-state index in [0.717, 1.165) is 16.0 Å². The van der Waals surface area contributed by atoms with Gasteiger partial charge in [0.25, 0.3) is 5.91 Å². The maximum Gasteiger partial charge on any atom is 0.414 e. The molecule has 9 heteroatoms. The Morgan fingerprint density at radius 3 is 2.88 bits per heavy atom. The van der Waals surface area contributed by atoms with Crippen LogP contribution in [0.3, 0.4) is 0 Å². The van der Waals surface area contributed by atoms with Crippen LogP contribution in [-0.2, 0) is 4.74 Å². The van der Waals surface area contributed by atoms with Gasteiger partial charge in [-0.3, -0.25) is 10.1 Å². The van der Waals surface area contributed by atoms with E-state index in [4.69, 9.17) is 9.47 Å². The number of aromatic nitrogens is 1. The van der Waals surface area contributed by atoms with Gasteiger partial charge in [-0.05, 0) is 36.6 Å². The third-order valence-electron chi connectivity index (χ3n) is 3.22. The molecule has 0 aliphatic carbocycles. The molecule has 0 saturated carbocycles. The average molecular weight is 377 g/mol. The van der Waals surface area contributed by atoms with Gasteiger partial charge in [-0.15, -0.1) is 11.3 Å². The van der Waals surface area contributed by atoms with Crippen LogP contribution in [0.4, 0.5) is 14.9 Å². The summed E-state index contributed by atoms with van der Waals surface area (Å²) in [6.45, 7) is 1.87. The number of rotatable bonds is 5. The highest BCUT2D eigenvalue weighted by atomic mass is 32.1. The first-order chi connectivity index (χ1) is 12.1. The summed E-state index contributed by atoms with van der Waals surface area (Å²) in [6, 6.07) is 7.26. The molecule has 0 spiro atoms. The van der Waals surface area contributed by atoms with Gasteiger partial charge >= 0.3 is 6.09 Å². The standard InChI is InChI=1S/C16H15N3O4S2/c1-3-23-16(21)18-13(20)10-6-7-24-14(10)19-15-17-11-5-4-9(22-2)8-12(11)25-15/h4-8H,3H2,1-2H3,(H,17,19)(H,18,20,21). The SMILES string of the molecule is CCOC(=O)NC(=O)c1ccsc1Nc1nc2ccc(OC)cc2s1. The molecule has 3 aromatic rings. The van der Waals surface area contributed by atoms with Crippen LogP contribution in [0.5, 0.6) is 5.75 Å². The second-order valence-corrected chi connectivity index (χ2v) is 6.76. The number of alkyl carbamates (subject to hydrolysis) is 1. The number of nitrogens with zero attached hydrogens (tertiary/aromatic N) is 1. The zero-order valence-corrected chi connectivity index (χ0v) is 15.1. The van der Waals surface area contributed by atoms with Crippen molar-refractivity contribution in [2.45, 2.75) is 6.92 Å². The molecule has 0 bridgehead atoms. The number of ether oxygens (including phenoxy) is 2. The van der Waals surface area contributed by atoms with Crippen molar-refractivity contribution in [2.75, 3.05) is 19.0 Å². The van der Waals surface area contributed by atoms with Crippen LogP contribution in [0.15, 0.2) is 29.6 Å². The van der Waals surface area contributed by atoms with E-state index in [1.54, 1.807) is 25.5 Å². The number of carbonyl (C=O) groups excluding carboxylic acids is 2. The number of nitrogens with one attached hydrogen (secondary N) is 2. The van der Waals surface area contributed by atoms with Crippen molar-refractivity contribution in [3.8, 4) is 5.75 Å². The Hall–Kier alpha value is -2.65. The molecule has 2 N–H and O–H groups in total. The first kappa shape index (κ1) is 17.2. The molecule has 25 heavy (non-hydrogen) atoms. The van der Waals surface area contributed by atoms with Gasteiger partial charge in [0.1, 0.15) is 10.8 Å². The number of benzene rings is 1. The van der Waals surface area contributed by atoms with Crippen molar-refractivity contribution in [2.24, 2.45) is 0 Å². The number of hydrogen-bond donors (Lipinski definition) is 2. The van der Waals surface area contributed by atoms with E-state index in [1.807, 2.05) is 18.2 Å². The Bertz CT molecular complexity index is 919. The van der Waals surface area contributed by atoms with Crippen molar-refractivity contribution in [3.05, 3.63) is 35.2 Å². The number of methoxy groups -OCH3 is 1. The van der Waals surface area contributed by atoms with Crippen molar-refractivity contribution >= 4 is 55.0 Å². The molecule has 7 nitrogen and oxygen atoms in total. The van der Waals surface area contributed by atoms with E-state index >= 15 is 0 Å². The normalized spacial score (nSPS) is 10.5. The molecule has 2 aromatic heterocycles. The molecule has 0 radical (unpaired) electrons. The molecule has 0 atom stereocenters. The second-order valence-electron chi connectivity index (χ2n) is 4.82. The van der Waals surface area contributed by atoms with E-state index in [1.165, 1.54) is 22.7 Å². The number of amides is 2. The second kappa shape index (κ2) is 7.49. The van der Waals surface area contributed by atoms with Crippen LogP contribution >= 0.6 is 22.7 Å². The van der Waals surface area contributed by atoms with E-state index in [0.29, 0.717) is 15.7 Å². The van der Waals surface area contributed by atoms with Gasteiger partial charge in [-0.1, -0.05) is 11.3 Å². The number of thiazole rings is 1.